The predicted octanol–water partition coefficient (Wildman–Crippen LogP) is 3.00. The van der Waals surface area contributed by atoms with E-state index in [0.29, 0.717) is 5.82 Å². The smallest absolute Gasteiger partial charge is 0.279 e. The zero-order valence-electron chi connectivity index (χ0n) is 14.0. The molecule has 1 aromatic carbocycles. The molecule has 24 heavy (non-hydrogen) atoms. The van der Waals surface area contributed by atoms with Crippen LogP contribution in [0.1, 0.15) is 42.4 Å². The fourth-order valence-electron chi connectivity index (χ4n) is 2.31. The molecule has 1 atom stereocenters. The molecule has 7 nitrogen and oxygen atoms in total. The zero-order chi connectivity index (χ0) is 17.1. The summed E-state index contributed by atoms with van der Waals surface area (Å²) in [5, 5.41) is 15.1. The second-order valence-electron chi connectivity index (χ2n) is 5.76. The van der Waals surface area contributed by atoms with Crippen LogP contribution in [0.2, 0.25) is 0 Å². The van der Waals surface area contributed by atoms with Gasteiger partial charge in [0.2, 0.25) is 0 Å². The standard InChI is InChI=1S/C17H20N6O/c1-4-13(3)23-16(9-10-18-23)19-17(24)15-11-22(21-20-15)14-7-5-12(2)6-8-14/h5-11,13H,4H2,1-3H3,(H,19,24). The van der Waals surface area contributed by atoms with Gasteiger partial charge in [0.1, 0.15) is 5.82 Å². The average molecular weight is 324 g/mol. The minimum Gasteiger partial charge on any atom is -0.305 e. The molecule has 2 aromatic heterocycles. The average Bonchev–Trinajstić information content (AvgIpc) is 3.24. The SMILES string of the molecule is CCC(C)n1nccc1NC(=O)c1cn(-c2ccc(C)cc2)nn1. The molecule has 3 rings (SSSR count). The third kappa shape index (κ3) is 3.19. The fourth-order valence-corrected chi connectivity index (χ4v) is 2.31. The Kier molecular flexibility index (Phi) is 4.41. The van der Waals surface area contributed by atoms with Crippen LogP contribution in [0.3, 0.4) is 0 Å². The molecule has 2 heterocycles. The van der Waals surface area contributed by atoms with Crippen molar-refractivity contribution < 1.29 is 4.79 Å². The van der Waals surface area contributed by atoms with E-state index in [1.54, 1.807) is 27.8 Å². The highest BCUT2D eigenvalue weighted by Gasteiger charge is 2.15. The van der Waals surface area contributed by atoms with Crippen molar-refractivity contribution in [2.75, 3.05) is 5.32 Å². The number of benzene rings is 1. The molecular formula is C17H20N6O. The van der Waals surface area contributed by atoms with E-state index in [1.807, 2.05) is 31.2 Å². The maximum Gasteiger partial charge on any atom is 0.279 e. The van der Waals surface area contributed by atoms with E-state index in [-0.39, 0.29) is 17.6 Å². The number of carbonyl (C=O) groups is 1. The highest BCUT2D eigenvalue weighted by atomic mass is 16.2. The molecule has 1 amide bonds. The molecule has 1 unspecified atom stereocenters. The van der Waals surface area contributed by atoms with Crippen molar-refractivity contribution in [2.45, 2.75) is 33.2 Å². The first-order valence-electron chi connectivity index (χ1n) is 7.92. The van der Waals surface area contributed by atoms with Crippen molar-refractivity contribution in [3.05, 3.63) is 54.0 Å². The molecule has 3 aromatic rings. The Labute approximate surface area is 140 Å². The van der Waals surface area contributed by atoms with Gasteiger partial charge in [-0.05, 0) is 32.4 Å². The van der Waals surface area contributed by atoms with E-state index < -0.39 is 0 Å². The van der Waals surface area contributed by atoms with Gasteiger partial charge in [-0.3, -0.25) is 4.79 Å². The molecule has 0 bridgehead atoms. The second kappa shape index (κ2) is 6.66. The first-order valence-corrected chi connectivity index (χ1v) is 7.92. The van der Waals surface area contributed by atoms with Gasteiger partial charge in [0.05, 0.1) is 24.1 Å². The van der Waals surface area contributed by atoms with Crippen LogP contribution in [0.5, 0.6) is 0 Å². The number of nitrogens with one attached hydrogen (secondary N) is 1. The Balaban J connectivity index is 1.77. The zero-order valence-corrected chi connectivity index (χ0v) is 14.0. The normalized spacial score (nSPS) is 12.1. The van der Waals surface area contributed by atoms with E-state index in [1.165, 1.54) is 0 Å². The predicted molar refractivity (Wildman–Crippen MR) is 91.3 cm³/mol. The molecule has 0 aliphatic heterocycles. The van der Waals surface area contributed by atoms with Gasteiger partial charge in [-0.15, -0.1) is 5.10 Å². The summed E-state index contributed by atoms with van der Waals surface area (Å²) in [7, 11) is 0. The summed E-state index contributed by atoms with van der Waals surface area (Å²) < 4.78 is 3.38. The lowest BCUT2D eigenvalue weighted by molar-refractivity contribution is 0.102. The first kappa shape index (κ1) is 15.9. The van der Waals surface area contributed by atoms with Crippen LogP contribution in [-0.2, 0) is 0 Å². The number of hydrogen-bond acceptors (Lipinski definition) is 4. The Morgan fingerprint density at radius 3 is 2.71 bits per heavy atom. The van der Waals surface area contributed by atoms with Crippen LogP contribution in [0.15, 0.2) is 42.7 Å². The lowest BCUT2D eigenvalue weighted by Gasteiger charge is -2.13. The lowest BCUT2D eigenvalue weighted by atomic mass is 10.2. The highest BCUT2D eigenvalue weighted by molar-refractivity contribution is 6.02. The topological polar surface area (TPSA) is 77.6 Å². The summed E-state index contributed by atoms with van der Waals surface area (Å²) in [4.78, 5) is 12.4. The van der Waals surface area contributed by atoms with E-state index in [4.69, 9.17) is 0 Å². The van der Waals surface area contributed by atoms with Crippen molar-refractivity contribution in [3.8, 4) is 5.69 Å². The second-order valence-corrected chi connectivity index (χ2v) is 5.76. The third-order valence-electron chi connectivity index (χ3n) is 3.94. The Morgan fingerprint density at radius 2 is 2.00 bits per heavy atom. The number of anilines is 1. The molecule has 7 heteroatoms. The monoisotopic (exact) mass is 324 g/mol. The molecule has 0 aliphatic rings. The summed E-state index contributed by atoms with van der Waals surface area (Å²) in [5.74, 6) is 0.345. The van der Waals surface area contributed by atoms with Gasteiger partial charge in [-0.1, -0.05) is 29.8 Å². The summed E-state index contributed by atoms with van der Waals surface area (Å²) in [6.45, 7) is 6.14. The van der Waals surface area contributed by atoms with Crippen molar-refractivity contribution in [1.29, 1.82) is 0 Å². The molecule has 0 spiro atoms. The highest BCUT2D eigenvalue weighted by Crippen LogP contribution is 2.17. The number of hydrogen-bond donors (Lipinski definition) is 1. The van der Waals surface area contributed by atoms with Crippen molar-refractivity contribution >= 4 is 11.7 Å². The lowest BCUT2D eigenvalue weighted by Crippen LogP contribution is -2.17. The molecule has 0 aliphatic carbocycles. The van der Waals surface area contributed by atoms with Crippen molar-refractivity contribution in [1.82, 2.24) is 24.8 Å². The van der Waals surface area contributed by atoms with E-state index in [2.05, 4.69) is 34.6 Å². The third-order valence-corrected chi connectivity index (χ3v) is 3.94. The van der Waals surface area contributed by atoms with Gasteiger partial charge < -0.3 is 5.32 Å². The minimum absolute atomic E-state index is 0.207. The summed E-state index contributed by atoms with van der Waals surface area (Å²) in [5.41, 5.74) is 2.28. The molecule has 0 fully saturated rings. The van der Waals surface area contributed by atoms with Gasteiger partial charge in [0.25, 0.3) is 5.91 Å². The molecule has 1 N–H and O–H groups in total. The van der Waals surface area contributed by atoms with Gasteiger partial charge in [0, 0.05) is 6.07 Å². The van der Waals surface area contributed by atoms with Gasteiger partial charge >= 0.3 is 0 Å². The summed E-state index contributed by atoms with van der Waals surface area (Å²) in [6.07, 6.45) is 4.21. The van der Waals surface area contributed by atoms with Crippen LogP contribution in [0, 0.1) is 6.92 Å². The Hall–Kier alpha value is -2.96. The van der Waals surface area contributed by atoms with E-state index in [0.717, 1.165) is 17.7 Å². The fraction of sp³-hybridized carbons (Fsp3) is 0.294. The van der Waals surface area contributed by atoms with Gasteiger partial charge in [-0.2, -0.15) is 5.10 Å². The summed E-state index contributed by atoms with van der Waals surface area (Å²) in [6, 6.07) is 9.82. The quantitative estimate of drug-likeness (QED) is 0.782. The molecule has 0 saturated carbocycles. The maximum absolute atomic E-state index is 12.4. The van der Waals surface area contributed by atoms with Crippen LogP contribution in [0.4, 0.5) is 5.82 Å². The Morgan fingerprint density at radius 1 is 1.25 bits per heavy atom. The first-order chi connectivity index (χ1) is 11.6. The number of nitrogens with zero attached hydrogens (tertiary/aromatic N) is 5. The minimum atomic E-state index is -0.307. The van der Waals surface area contributed by atoms with Gasteiger partial charge in [0.15, 0.2) is 5.69 Å². The number of amides is 1. The number of aromatic nitrogens is 5. The Bertz CT molecular complexity index is 833. The summed E-state index contributed by atoms with van der Waals surface area (Å²) >= 11 is 0. The van der Waals surface area contributed by atoms with Crippen LogP contribution < -0.4 is 5.32 Å². The number of carbonyl (C=O) groups excluding carboxylic acids is 1. The number of aryl methyl sites for hydroxylation is 1. The van der Waals surface area contributed by atoms with E-state index >= 15 is 0 Å². The van der Waals surface area contributed by atoms with Crippen LogP contribution in [0.25, 0.3) is 5.69 Å². The van der Waals surface area contributed by atoms with E-state index in [9.17, 15) is 4.79 Å². The van der Waals surface area contributed by atoms with Crippen LogP contribution in [-0.4, -0.2) is 30.7 Å². The molecule has 0 radical (unpaired) electrons. The molecule has 0 saturated heterocycles. The number of rotatable bonds is 5. The molecule has 124 valence electrons. The largest absolute Gasteiger partial charge is 0.305 e. The van der Waals surface area contributed by atoms with Gasteiger partial charge in [-0.25, -0.2) is 9.36 Å². The van der Waals surface area contributed by atoms with Crippen molar-refractivity contribution in [3.63, 3.8) is 0 Å². The molecular weight excluding hydrogens is 304 g/mol. The maximum atomic E-state index is 12.4. The van der Waals surface area contributed by atoms with Crippen molar-refractivity contribution in [2.24, 2.45) is 0 Å². The van der Waals surface area contributed by atoms with Crippen LogP contribution >= 0.6 is 0 Å².